The zero-order valence-electron chi connectivity index (χ0n) is 11.8. The number of ketones is 1. The molecule has 0 saturated heterocycles. The van der Waals surface area contributed by atoms with Crippen LogP contribution < -0.4 is 5.56 Å². The second-order valence-electron chi connectivity index (χ2n) is 4.79. The zero-order chi connectivity index (χ0) is 16.6. The number of nitriles is 1. The number of Topliss-reactive ketones (excluding diaryl/α,β-unsaturated/α-hetero) is 1. The lowest BCUT2D eigenvalue weighted by Gasteiger charge is -2.07. The van der Waals surface area contributed by atoms with Crippen molar-refractivity contribution in [2.45, 2.75) is 12.8 Å². The third-order valence-electron chi connectivity index (χ3n) is 3.22. The van der Waals surface area contributed by atoms with Crippen molar-refractivity contribution in [3.8, 4) is 6.07 Å². The molecule has 2 heterocycles. The van der Waals surface area contributed by atoms with Crippen LogP contribution >= 0.6 is 22.9 Å². The maximum absolute atomic E-state index is 12.4. The summed E-state index contributed by atoms with van der Waals surface area (Å²) in [4.78, 5) is 35.4. The summed E-state index contributed by atoms with van der Waals surface area (Å²) in [7, 11) is 0. The van der Waals surface area contributed by atoms with Crippen LogP contribution in [0.25, 0.3) is 10.9 Å². The Balaban J connectivity index is 2.12. The predicted molar refractivity (Wildman–Crippen MR) is 86.9 cm³/mol. The second-order valence-corrected chi connectivity index (χ2v) is 6.29. The lowest BCUT2D eigenvalue weighted by Crippen LogP contribution is -2.20. The Bertz CT molecular complexity index is 1020. The number of aromatic nitrogens is 3. The number of thiazole rings is 1. The van der Waals surface area contributed by atoms with E-state index in [0.29, 0.717) is 15.9 Å². The van der Waals surface area contributed by atoms with Gasteiger partial charge in [-0.2, -0.15) is 5.26 Å². The first-order valence-electron chi connectivity index (χ1n) is 6.55. The molecule has 8 heteroatoms. The van der Waals surface area contributed by atoms with E-state index in [1.54, 1.807) is 24.4 Å². The molecule has 0 radical (unpaired) electrons. The molecule has 1 atom stereocenters. The monoisotopic (exact) mass is 344 g/mol. The lowest BCUT2D eigenvalue weighted by atomic mass is 10.0. The van der Waals surface area contributed by atoms with Crippen molar-refractivity contribution in [2.24, 2.45) is 0 Å². The Labute approximate surface area is 139 Å². The van der Waals surface area contributed by atoms with Crippen LogP contribution in [0.15, 0.2) is 28.4 Å². The van der Waals surface area contributed by atoms with Gasteiger partial charge in [0.1, 0.15) is 11.5 Å². The average Bonchev–Trinajstić information content (AvgIpc) is 2.94. The molecule has 0 aliphatic heterocycles. The molecule has 2 aromatic heterocycles. The Morgan fingerprint density at radius 2 is 2.22 bits per heavy atom. The van der Waals surface area contributed by atoms with Gasteiger partial charge in [0, 0.05) is 10.4 Å². The van der Waals surface area contributed by atoms with Gasteiger partial charge in [-0.1, -0.05) is 11.6 Å². The molecule has 0 fully saturated rings. The van der Waals surface area contributed by atoms with E-state index in [4.69, 9.17) is 11.6 Å². The maximum Gasteiger partial charge on any atom is 0.258 e. The number of aromatic amines is 1. The van der Waals surface area contributed by atoms with Crippen LogP contribution in [0.3, 0.4) is 0 Å². The largest absolute Gasteiger partial charge is 0.308 e. The number of H-pyrrole nitrogens is 1. The third kappa shape index (κ3) is 2.86. The van der Waals surface area contributed by atoms with Gasteiger partial charge in [-0.15, -0.1) is 11.3 Å². The van der Waals surface area contributed by atoms with Gasteiger partial charge in [0.25, 0.3) is 5.56 Å². The number of hydrogen-bond donors (Lipinski definition) is 1. The molecular formula is C15H9ClN4O2S. The molecular weight excluding hydrogens is 336 g/mol. The lowest BCUT2D eigenvalue weighted by molar-refractivity contribution is 0.0972. The normalized spacial score (nSPS) is 12.0. The molecule has 0 saturated carbocycles. The Hall–Kier alpha value is -2.56. The number of hydrogen-bond acceptors (Lipinski definition) is 6. The van der Waals surface area contributed by atoms with Crippen molar-refractivity contribution in [3.63, 3.8) is 0 Å². The van der Waals surface area contributed by atoms with Gasteiger partial charge < -0.3 is 4.98 Å². The van der Waals surface area contributed by atoms with Gasteiger partial charge in [-0.05, 0) is 25.1 Å². The SMILES string of the molecule is Cc1nc(C(=O)[C@H](C#N)c2nc3cc(Cl)ccc3c(=O)[nH]2)cs1. The maximum atomic E-state index is 12.4. The number of nitrogens with one attached hydrogen (secondary N) is 1. The van der Waals surface area contributed by atoms with Gasteiger partial charge in [-0.3, -0.25) is 9.59 Å². The summed E-state index contributed by atoms with van der Waals surface area (Å²) in [6.07, 6.45) is 0. The molecule has 0 bridgehead atoms. The van der Waals surface area contributed by atoms with Crippen molar-refractivity contribution in [1.29, 1.82) is 5.26 Å². The van der Waals surface area contributed by atoms with Crippen LogP contribution in [0.1, 0.15) is 27.2 Å². The summed E-state index contributed by atoms with van der Waals surface area (Å²) in [5.41, 5.74) is 0.0934. The number of benzene rings is 1. The fraction of sp³-hybridized carbons (Fsp3) is 0.133. The smallest absolute Gasteiger partial charge is 0.258 e. The van der Waals surface area contributed by atoms with E-state index in [1.807, 2.05) is 6.07 Å². The second kappa shape index (κ2) is 5.91. The summed E-state index contributed by atoms with van der Waals surface area (Å²) in [5, 5.41) is 12.4. The van der Waals surface area contributed by atoms with Crippen molar-refractivity contribution < 1.29 is 4.79 Å². The van der Waals surface area contributed by atoms with Crippen molar-refractivity contribution >= 4 is 39.6 Å². The van der Waals surface area contributed by atoms with Crippen LogP contribution in [0.4, 0.5) is 0 Å². The first-order chi connectivity index (χ1) is 11.0. The Morgan fingerprint density at radius 3 is 2.87 bits per heavy atom. The molecule has 114 valence electrons. The standard InChI is InChI=1S/C15H9ClN4O2S/c1-7-18-12(6-23-7)13(21)10(5-17)14-19-11-4-8(16)2-3-9(11)15(22)20-14/h2-4,6,10H,1H3,(H,19,20,22)/t10-/m0/s1. The Kier molecular flexibility index (Phi) is 3.94. The molecule has 1 aromatic carbocycles. The number of aryl methyl sites for hydroxylation is 1. The van der Waals surface area contributed by atoms with Gasteiger partial charge in [0.05, 0.1) is 22.0 Å². The van der Waals surface area contributed by atoms with Crippen molar-refractivity contribution in [2.75, 3.05) is 0 Å². The predicted octanol–water partition coefficient (Wildman–Crippen LogP) is 2.83. The summed E-state index contributed by atoms with van der Waals surface area (Å²) in [6.45, 7) is 1.76. The minimum absolute atomic E-state index is 0.0112. The highest BCUT2D eigenvalue weighted by Crippen LogP contribution is 2.21. The molecule has 0 unspecified atom stereocenters. The molecule has 3 rings (SSSR count). The topological polar surface area (TPSA) is 99.5 Å². The van der Waals surface area contributed by atoms with E-state index in [9.17, 15) is 14.9 Å². The highest BCUT2D eigenvalue weighted by molar-refractivity contribution is 7.09. The van der Waals surface area contributed by atoms with Gasteiger partial charge in [0.2, 0.25) is 5.78 Å². The van der Waals surface area contributed by atoms with E-state index in [0.717, 1.165) is 5.01 Å². The average molecular weight is 345 g/mol. The molecule has 0 spiro atoms. The number of carbonyl (C=O) groups excluding carboxylic acids is 1. The van der Waals surface area contributed by atoms with Crippen molar-refractivity contribution in [1.82, 2.24) is 15.0 Å². The van der Waals surface area contributed by atoms with E-state index < -0.39 is 17.3 Å². The van der Waals surface area contributed by atoms with Gasteiger partial charge in [0.15, 0.2) is 5.92 Å². The minimum Gasteiger partial charge on any atom is -0.308 e. The van der Waals surface area contributed by atoms with E-state index in [2.05, 4.69) is 15.0 Å². The fourth-order valence-corrected chi connectivity index (χ4v) is 2.90. The highest BCUT2D eigenvalue weighted by Gasteiger charge is 2.26. The Morgan fingerprint density at radius 1 is 1.43 bits per heavy atom. The van der Waals surface area contributed by atoms with Gasteiger partial charge in [-0.25, -0.2) is 9.97 Å². The molecule has 3 aromatic rings. The molecule has 6 nitrogen and oxygen atoms in total. The molecule has 0 aliphatic carbocycles. The van der Waals surface area contributed by atoms with E-state index in [-0.39, 0.29) is 11.5 Å². The molecule has 0 amide bonds. The van der Waals surface area contributed by atoms with Crippen molar-refractivity contribution in [3.05, 3.63) is 55.5 Å². The first kappa shape index (κ1) is 15.3. The molecule has 23 heavy (non-hydrogen) atoms. The van der Waals surface area contributed by atoms with E-state index in [1.165, 1.54) is 17.4 Å². The number of rotatable bonds is 3. The zero-order valence-corrected chi connectivity index (χ0v) is 13.4. The number of fused-ring (bicyclic) bond motifs is 1. The minimum atomic E-state index is -1.23. The van der Waals surface area contributed by atoms with Crippen LogP contribution in [0.2, 0.25) is 5.02 Å². The fourth-order valence-electron chi connectivity index (χ4n) is 2.14. The van der Waals surface area contributed by atoms with Crippen LogP contribution in [0.5, 0.6) is 0 Å². The highest BCUT2D eigenvalue weighted by atomic mass is 35.5. The number of nitrogens with zero attached hydrogens (tertiary/aromatic N) is 3. The number of halogens is 1. The first-order valence-corrected chi connectivity index (χ1v) is 7.81. The third-order valence-corrected chi connectivity index (χ3v) is 4.23. The van der Waals surface area contributed by atoms with Crippen LogP contribution in [-0.4, -0.2) is 20.7 Å². The van der Waals surface area contributed by atoms with E-state index >= 15 is 0 Å². The quantitative estimate of drug-likeness (QED) is 0.736. The van der Waals surface area contributed by atoms with Crippen LogP contribution in [-0.2, 0) is 0 Å². The van der Waals surface area contributed by atoms with Gasteiger partial charge >= 0.3 is 0 Å². The summed E-state index contributed by atoms with van der Waals surface area (Å²) in [5.74, 6) is -1.74. The van der Waals surface area contributed by atoms with Crippen LogP contribution in [0, 0.1) is 18.3 Å². The molecule has 0 aliphatic rings. The number of carbonyl (C=O) groups is 1. The molecule has 1 N–H and O–H groups in total. The summed E-state index contributed by atoms with van der Waals surface area (Å²) >= 11 is 7.22. The summed E-state index contributed by atoms with van der Waals surface area (Å²) < 4.78 is 0. The summed E-state index contributed by atoms with van der Waals surface area (Å²) in [6, 6.07) is 6.51.